The zero-order chi connectivity index (χ0) is 8.97. The molecular weight excluding hydrogens is 171 g/mol. The Labute approximate surface area is 73.3 Å². The number of hydrogen-bond donors (Lipinski definition) is 2. The molecule has 3 nitrogen and oxygen atoms in total. The van der Waals surface area contributed by atoms with Crippen molar-refractivity contribution in [3.05, 3.63) is 23.2 Å². The number of aryl methyl sites for hydroxylation is 1. The average molecular weight is 184 g/mol. The monoisotopic (exact) mass is 184 g/mol. The van der Waals surface area contributed by atoms with E-state index >= 15 is 0 Å². The fraction of sp³-hybridized carbons (Fsp3) is 0.375. The second-order valence-corrected chi connectivity index (χ2v) is 4.17. The fourth-order valence-electron chi connectivity index (χ4n) is 0.863. The minimum atomic E-state index is -0.447. The summed E-state index contributed by atoms with van der Waals surface area (Å²) in [6.45, 7) is 3.61. The van der Waals surface area contributed by atoms with Gasteiger partial charge in [-0.2, -0.15) is 5.20 Å². The number of nitrogens with one attached hydrogen (secondary N) is 2. The van der Waals surface area contributed by atoms with E-state index in [-0.39, 0.29) is 5.91 Å². The maximum atomic E-state index is 10.5. The molecule has 1 heterocycles. The van der Waals surface area contributed by atoms with Crippen molar-refractivity contribution in [1.82, 2.24) is 5.43 Å². The van der Waals surface area contributed by atoms with Gasteiger partial charge < -0.3 is 0 Å². The van der Waals surface area contributed by atoms with Crippen molar-refractivity contribution in [2.24, 2.45) is 0 Å². The first-order valence-electron chi connectivity index (χ1n) is 3.92. The molecule has 66 valence electrons. The standard InChI is InChI=1S/C8H13N2OP/c1-3-8-4-5-12(6-8)10-9-7(2)11/h4-6,10H,3H2,1-2H3,(H,9,11). The summed E-state index contributed by atoms with van der Waals surface area (Å²) in [4.78, 5) is 10.5. The summed E-state index contributed by atoms with van der Waals surface area (Å²) in [7, 11) is -0.447. The molecule has 4 heteroatoms. The van der Waals surface area contributed by atoms with Crippen molar-refractivity contribution in [3.63, 3.8) is 0 Å². The summed E-state index contributed by atoms with van der Waals surface area (Å²) in [5, 5.41) is 2.95. The Bertz CT molecular complexity index is 270. The number of amides is 1. The summed E-state index contributed by atoms with van der Waals surface area (Å²) in [5.41, 5.74) is 3.91. The third-order valence-electron chi connectivity index (χ3n) is 1.52. The maximum absolute atomic E-state index is 10.5. The van der Waals surface area contributed by atoms with Crippen LogP contribution in [0, 0.1) is 0 Å². The molecule has 2 N–H and O–H groups in total. The molecule has 0 saturated carbocycles. The molecule has 0 aromatic carbocycles. The third kappa shape index (κ3) is 2.68. The van der Waals surface area contributed by atoms with Crippen LogP contribution in [0.15, 0.2) is 17.7 Å². The Kier molecular flexibility index (Phi) is 3.32. The largest absolute Gasteiger partial charge is 0.284 e. The molecule has 1 unspecified atom stereocenters. The summed E-state index contributed by atoms with van der Waals surface area (Å²) in [6, 6.07) is 2.10. The zero-order valence-electron chi connectivity index (χ0n) is 7.29. The van der Waals surface area contributed by atoms with Gasteiger partial charge >= 0.3 is 0 Å². The number of carbonyl (C=O) groups is 1. The highest BCUT2D eigenvalue weighted by Crippen LogP contribution is 2.25. The molecule has 0 fully saturated rings. The average Bonchev–Trinajstić information content (AvgIpc) is 2.48. The molecule has 0 saturated heterocycles. The summed E-state index contributed by atoms with van der Waals surface area (Å²) in [5.74, 6) is 4.19. The van der Waals surface area contributed by atoms with E-state index < -0.39 is 7.68 Å². The predicted molar refractivity (Wildman–Crippen MR) is 51.7 cm³/mol. The van der Waals surface area contributed by atoms with Gasteiger partial charge in [-0.1, -0.05) is 13.0 Å². The molecule has 0 spiro atoms. The van der Waals surface area contributed by atoms with Crippen LogP contribution in [0.4, 0.5) is 0 Å². The SMILES string of the molecule is CCc1ccp(NNC(C)=O)c1. The Morgan fingerprint density at radius 2 is 2.42 bits per heavy atom. The van der Waals surface area contributed by atoms with Gasteiger partial charge in [0.25, 0.3) is 0 Å². The van der Waals surface area contributed by atoms with Gasteiger partial charge in [0.2, 0.25) is 5.91 Å². The van der Waals surface area contributed by atoms with E-state index in [1.165, 1.54) is 12.5 Å². The number of carbonyl (C=O) groups excluding carboxylic acids is 1. The molecule has 0 radical (unpaired) electrons. The lowest BCUT2D eigenvalue weighted by atomic mass is 10.3. The van der Waals surface area contributed by atoms with E-state index in [9.17, 15) is 4.79 Å². The van der Waals surface area contributed by atoms with Gasteiger partial charge in [-0.15, -0.1) is 0 Å². The van der Waals surface area contributed by atoms with Crippen molar-refractivity contribution in [3.8, 4) is 0 Å². The highest BCUT2D eigenvalue weighted by Gasteiger charge is 1.95. The highest BCUT2D eigenvalue weighted by molar-refractivity contribution is 7.49. The fourth-order valence-corrected chi connectivity index (χ4v) is 2.35. The van der Waals surface area contributed by atoms with Gasteiger partial charge in [-0.25, -0.2) is 0 Å². The Morgan fingerprint density at radius 3 is 2.92 bits per heavy atom. The first-order chi connectivity index (χ1) is 5.72. The molecule has 0 aliphatic carbocycles. The normalized spacial score (nSPS) is 11.3. The Balaban J connectivity index is 2.47. The lowest BCUT2D eigenvalue weighted by Gasteiger charge is -2.01. The molecule has 1 aromatic heterocycles. The maximum Gasteiger partial charge on any atom is 0.231 e. The van der Waals surface area contributed by atoms with E-state index in [4.69, 9.17) is 0 Å². The quantitative estimate of drug-likeness (QED) is 0.703. The van der Waals surface area contributed by atoms with Crippen LogP contribution in [0.5, 0.6) is 0 Å². The molecular formula is C8H13N2OP. The summed E-state index contributed by atoms with van der Waals surface area (Å²) < 4.78 is 0. The second kappa shape index (κ2) is 4.29. The van der Waals surface area contributed by atoms with Crippen molar-refractivity contribution in [2.75, 3.05) is 5.20 Å². The smallest absolute Gasteiger partial charge is 0.231 e. The van der Waals surface area contributed by atoms with Gasteiger partial charge in [0.15, 0.2) is 0 Å². The second-order valence-electron chi connectivity index (χ2n) is 2.57. The van der Waals surface area contributed by atoms with Gasteiger partial charge in [0, 0.05) is 6.92 Å². The molecule has 0 aliphatic rings. The first kappa shape index (κ1) is 9.30. The van der Waals surface area contributed by atoms with Crippen LogP contribution >= 0.6 is 7.68 Å². The minimum absolute atomic E-state index is 0.0516. The van der Waals surface area contributed by atoms with Crippen LogP contribution in [0.3, 0.4) is 0 Å². The lowest BCUT2D eigenvalue weighted by molar-refractivity contribution is -0.118. The number of rotatable bonds is 3. The van der Waals surface area contributed by atoms with Crippen LogP contribution < -0.4 is 10.6 Å². The van der Waals surface area contributed by atoms with Crippen LogP contribution in [-0.4, -0.2) is 5.91 Å². The molecule has 0 aliphatic heterocycles. The molecule has 0 bridgehead atoms. The van der Waals surface area contributed by atoms with Gasteiger partial charge in [-0.05, 0) is 31.3 Å². The summed E-state index contributed by atoms with van der Waals surface area (Å²) in [6.07, 6.45) is 1.05. The van der Waals surface area contributed by atoms with Crippen molar-refractivity contribution in [2.45, 2.75) is 20.3 Å². The number of hydrogen-bond acceptors (Lipinski definition) is 2. The molecule has 1 amide bonds. The molecule has 1 atom stereocenters. The van der Waals surface area contributed by atoms with Crippen LogP contribution in [0.25, 0.3) is 0 Å². The van der Waals surface area contributed by atoms with Crippen molar-refractivity contribution >= 4 is 13.6 Å². The van der Waals surface area contributed by atoms with Gasteiger partial charge in [0.1, 0.15) is 0 Å². The van der Waals surface area contributed by atoms with Crippen molar-refractivity contribution in [1.29, 1.82) is 0 Å². The molecule has 1 rings (SSSR count). The van der Waals surface area contributed by atoms with E-state index in [2.05, 4.69) is 35.2 Å². The molecule has 12 heavy (non-hydrogen) atoms. The van der Waals surface area contributed by atoms with E-state index in [0.717, 1.165) is 6.42 Å². The Morgan fingerprint density at radius 1 is 1.67 bits per heavy atom. The zero-order valence-corrected chi connectivity index (χ0v) is 8.19. The topological polar surface area (TPSA) is 41.1 Å². The van der Waals surface area contributed by atoms with E-state index in [1.807, 2.05) is 0 Å². The van der Waals surface area contributed by atoms with E-state index in [1.54, 1.807) is 0 Å². The summed E-state index contributed by atoms with van der Waals surface area (Å²) >= 11 is 0. The molecule has 1 aromatic rings. The van der Waals surface area contributed by atoms with Crippen LogP contribution in [-0.2, 0) is 11.2 Å². The van der Waals surface area contributed by atoms with Gasteiger partial charge in [-0.3, -0.25) is 10.2 Å². The Hall–Kier alpha value is -0.790. The van der Waals surface area contributed by atoms with E-state index in [0.29, 0.717) is 0 Å². The first-order valence-corrected chi connectivity index (χ1v) is 5.40. The predicted octanol–water partition coefficient (Wildman–Crippen LogP) is 1.83. The van der Waals surface area contributed by atoms with Crippen molar-refractivity contribution < 1.29 is 4.79 Å². The van der Waals surface area contributed by atoms with Crippen LogP contribution in [0.2, 0.25) is 0 Å². The third-order valence-corrected chi connectivity index (χ3v) is 2.97. The highest BCUT2D eigenvalue weighted by atomic mass is 31.1. The minimum Gasteiger partial charge on any atom is -0.284 e. The lowest BCUT2D eigenvalue weighted by Crippen LogP contribution is -2.24. The van der Waals surface area contributed by atoms with Crippen LogP contribution in [0.1, 0.15) is 19.4 Å². The van der Waals surface area contributed by atoms with Gasteiger partial charge in [0.05, 0.1) is 0 Å². The number of hydrazine groups is 1.